The maximum absolute atomic E-state index is 9.91. The van der Waals surface area contributed by atoms with Crippen LogP contribution in [0.25, 0.3) is 0 Å². The van der Waals surface area contributed by atoms with E-state index in [1.165, 1.54) is 4.88 Å². The zero-order chi connectivity index (χ0) is 16.5. The number of rotatable bonds is 10. The molecule has 0 amide bonds. The Labute approximate surface area is 161 Å². The molecule has 0 fully saturated rings. The van der Waals surface area contributed by atoms with E-state index in [9.17, 15) is 5.11 Å². The summed E-state index contributed by atoms with van der Waals surface area (Å²) in [6.07, 6.45) is -0.523. The Morgan fingerprint density at radius 2 is 1.96 bits per heavy atom. The summed E-state index contributed by atoms with van der Waals surface area (Å²) in [5.74, 6) is 0.809. The van der Waals surface area contributed by atoms with E-state index in [0.29, 0.717) is 26.4 Å². The smallest absolute Gasteiger partial charge is 0.119 e. The Bertz CT molecular complexity index is 553. The molecule has 0 spiro atoms. The molecule has 0 aliphatic rings. The number of halogens is 2. The van der Waals surface area contributed by atoms with Crippen LogP contribution in [0, 0.1) is 0 Å². The molecule has 0 bridgehead atoms. The summed E-state index contributed by atoms with van der Waals surface area (Å²) in [7, 11) is 0. The molecule has 0 saturated carbocycles. The second-order valence-electron chi connectivity index (χ2n) is 5.18. The van der Waals surface area contributed by atoms with Gasteiger partial charge in [-0.05, 0) is 42.6 Å². The minimum Gasteiger partial charge on any atom is -0.491 e. The summed E-state index contributed by atoms with van der Waals surface area (Å²) in [5.41, 5.74) is 0. The standard InChI is InChI=1S/C17H22BrNO3S.ClH/c1-13(17-3-2-10-23-17)19-11-15(20)12-21-8-9-22-16-6-4-14(18)5-7-16;/h2-7,10,13,15,19-20H,8-9,11-12H2,1H3;1H. The number of benzene rings is 1. The van der Waals surface area contributed by atoms with E-state index in [4.69, 9.17) is 9.47 Å². The number of aliphatic hydroxyl groups is 1. The van der Waals surface area contributed by atoms with Crippen molar-refractivity contribution < 1.29 is 14.6 Å². The van der Waals surface area contributed by atoms with Gasteiger partial charge in [0.25, 0.3) is 0 Å². The van der Waals surface area contributed by atoms with Gasteiger partial charge in [-0.15, -0.1) is 23.7 Å². The zero-order valence-corrected chi connectivity index (χ0v) is 16.7. The Kier molecular flexibility index (Phi) is 10.6. The van der Waals surface area contributed by atoms with Crippen molar-refractivity contribution in [3.05, 3.63) is 51.1 Å². The fraction of sp³-hybridized carbons (Fsp3) is 0.412. The number of aliphatic hydroxyl groups excluding tert-OH is 1. The van der Waals surface area contributed by atoms with Crippen LogP contribution in [0.5, 0.6) is 5.75 Å². The van der Waals surface area contributed by atoms with Crippen molar-refractivity contribution in [3.63, 3.8) is 0 Å². The highest BCUT2D eigenvalue weighted by Gasteiger charge is 2.09. The Hall–Kier alpha value is -0.630. The molecule has 2 N–H and O–H groups in total. The van der Waals surface area contributed by atoms with Gasteiger partial charge in [0, 0.05) is 21.9 Å². The van der Waals surface area contributed by atoms with E-state index >= 15 is 0 Å². The highest BCUT2D eigenvalue weighted by atomic mass is 79.9. The molecule has 2 aromatic rings. The van der Waals surface area contributed by atoms with Gasteiger partial charge in [0.2, 0.25) is 0 Å². The van der Waals surface area contributed by atoms with Gasteiger partial charge in [0.05, 0.1) is 19.3 Å². The maximum atomic E-state index is 9.91. The van der Waals surface area contributed by atoms with E-state index in [0.717, 1.165) is 10.2 Å². The predicted molar refractivity (Wildman–Crippen MR) is 104 cm³/mol. The van der Waals surface area contributed by atoms with E-state index in [1.807, 2.05) is 30.3 Å². The van der Waals surface area contributed by atoms with Gasteiger partial charge in [0.15, 0.2) is 0 Å². The number of hydrogen-bond donors (Lipinski definition) is 2. The van der Waals surface area contributed by atoms with E-state index < -0.39 is 6.10 Å². The first-order valence-corrected chi connectivity index (χ1v) is 9.23. The monoisotopic (exact) mass is 435 g/mol. The summed E-state index contributed by atoms with van der Waals surface area (Å²) < 4.78 is 12.0. The maximum Gasteiger partial charge on any atom is 0.119 e. The van der Waals surface area contributed by atoms with Crippen LogP contribution in [0.1, 0.15) is 17.8 Å². The summed E-state index contributed by atoms with van der Waals surface area (Å²) in [5, 5.41) is 15.3. The van der Waals surface area contributed by atoms with Crippen LogP contribution in [0.2, 0.25) is 0 Å². The van der Waals surface area contributed by atoms with Crippen molar-refractivity contribution >= 4 is 39.7 Å². The normalized spacial score (nSPS) is 13.1. The fourth-order valence-electron chi connectivity index (χ4n) is 1.98. The molecule has 134 valence electrons. The van der Waals surface area contributed by atoms with Crippen molar-refractivity contribution in [1.82, 2.24) is 5.32 Å². The third kappa shape index (κ3) is 7.96. The second kappa shape index (κ2) is 11.8. The molecule has 1 aromatic heterocycles. The predicted octanol–water partition coefficient (Wildman–Crippen LogP) is 4.04. The molecule has 24 heavy (non-hydrogen) atoms. The van der Waals surface area contributed by atoms with Crippen LogP contribution in [-0.4, -0.2) is 37.6 Å². The molecule has 7 heteroatoms. The molecular formula is C17H23BrClNO3S. The average molecular weight is 437 g/mol. The van der Waals surface area contributed by atoms with Crippen LogP contribution in [-0.2, 0) is 4.74 Å². The molecule has 0 saturated heterocycles. The van der Waals surface area contributed by atoms with E-state index in [-0.39, 0.29) is 18.4 Å². The molecule has 2 unspecified atom stereocenters. The zero-order valence-electron chi connectivity index (χ0n) is 13.5. The summed E-state index contributed by atoms with van der Waals surface area (Å²) in [4.78, 5) is 1.26. The number of thiophene rings is 1. The van der Waals surface area contributed by atoms with Gasteiger partial charge in [-0.2, -0.15) is 0 Å². The lowest BCUT2D eigenvalue weighted by molar-refractivity contribution is 0.0242. The van der Waals surface area contributed by atoms with Crippen molar-refractivity contribution in [2.45, 2.75) is 19.1 Å². The first kappa shape index (κ1) is 21.4. The second-order valence-corrected chi connectivity index (χ2v) is 7.07. The molecule has 1 aromatic carbocycles. The third-order valence-electron chi connectivity index (χ3n) is 3.25. The van der Waals surface area contributed by atoms with Crippen LogP contribution >= 0.6 is 39.7 Å². The average Bonchev–Trinajstić information content (AvgIpc) is 3.08. The molecule has 1 heterocycles. The number of nitrogens with one attached hydrogen (secondary N) is 1. The van der Waals surface area contributed by atoms with Gasteiger partial charge in [0.1, 0.15) is 12.4 Å². The van der Waals surface area contributed by atoms with Crippen LogP contribution < -0.4 is 10.1 Å². The van der Waals surface area contributed by atoms with Gasteiger partial charge in [-0.25, -0.2) is 0 Å². The van der Waals surface area contributed by atoms with Gasteiger partial charge in [-0.1, -0.05) is 22.0 Å². The van der Waals surface area contributed by atoms with Crippen molar-refractivity contribution in [1.29, 1.82) is 0 Å². The minimum atomic E-state index is -0.523. The third-order valence-corrected chi connectivity index (χ3v) is 4.83. The SMILES string of the molecule is CC(NCC(O)COCCOc1ccc(Br)cc1)c1cccs1.Cl. The number of ether oxygens (including phenoxy) is 2. The molecule has 4 nitrogen and oxygen atoms in total. The highest BCUT2D eigenvalue weighted by molar-refractivity contribution is 9.10. The van der Waals surface area contributed by atoms with Crippen molar-refractivity contribution in [2.24, 2.45) is 0 Å². The Balaban J connectivity index is 0.00000288. The lowest BCUT2D eigenvalue weighted by Gasteiger charge is -2.16. The van der Waals surface area contributed by atoms with Crippen LogP contribution in [0.15, 0.2) is 46.3 Å². The molecule has 0 aliphatic carbocycles. The van der Waals surface area contributed by atoms with Gasteiger partial charge in [-0.3, -0.25) is 0 Å². The molecule has 2 rings (SSSR count). The topological polar surface area (TPSA) is 50.7 Å². The van der Waals surface area contributed by atoms with E-state index in [2.05, 4.69) is 39.6 Å². The van der Waals surface area contributed by atoms with Gasteiger partial charge < -0.3 is 19.9 Å². The van der Waals surface area contributed by atoms with Crippen LogP contribution in [0.3, 0.4) is 0 Å². The van der Waals surface area contributed by atoms with Gasteiger partial charge >= 0.3 is 0 Å². The first-order chi connectivity index (χ1) is 11.1. The lowest BCUT2D eigenvalue weighted by Crippen LogP contribution is -2.32. The summed E-state index contributed by atoms with van der Waals surface area (Å²) in [6, 6.07) is 12.0. The number of hydrogen-bond acceptors (Lipinski definition) is 5. The molecule has 0 aliphatic heterocycles. The largest absolute Gasteiger partial charge is 0.491 e. The fourth-order valence-corrected chi connectivity index (χ4v) is 3.00. The summed E-state index contributed by atoms with van der Waals surface area (Å²) >= 11 is 5.09. The Morgan fingerprint density at radius 1 is 1.21 bits per heavy atom. The Morgan fingerprint density at radius 3 is 2.62 bits per heavy atom. The van der Waals surface area contributed by atoms with E-state index in [1.54, 1.807) is 11.3 Å². The van der Waals surface area contributed by atoms with Crippen molar-refractivity contribution in [2.75, 3.05) is 26.4 Å². The molecular weight excluding hydrogens is 414 g/mol. The lowest BCUT2D eigenvalue weighted by atomic mass is 10.2. The quantitative estimate of drug-likeness (QED) is 0.552. The minimum absolute atomic E-state index is 0. The van der Waals surface area contributed by atoms with Crippen LogP contribution in [0.4, 0.5) is 0 Å². The molecule has 0 radical (unpaired) electrons. The first-order valence-electron chi connectivity index (χ1n) is 7.56. The highest BCUT2D eigenvalue weighted by Crippen LogP contribution is 2.18. The summed E-state index contributed by atoms with van der Waals surface area (Å²) in [6.45, 7) is 3.81. The molecule has 2 atom stereocenters. The van der Waals surface area contributed by atoms with Crippen molar-refractivity contribution in [3.8, 4) is 5.75 Å².